The molecule has 18 heavy (non-hydrogen) atoms. The molecule has 1 heterocycles. The fraction of sp³-hybridized carbons (Fsp3) is 0.200. The first-order valence-corrected chi connectivity index (χ1v) is 6.54. The monoisotopic (exact) mass is 258 g/mol. The minimum atomic E-state index is 0.778. The van der Waals surface area contributed by atoms with Gasteiger partial charge in [0.15, 0.2) is 0 Å². The summed E-state index contributed by atoms with van der Waals surface area (Å²) < 4.78 is 0. The van der Waals surface area contributed by atoms with Crippen molar-refractivity contribution in [2.75, 3.05) is 17.2 Å². The van der Waals surface area contributed by atoms with Gasteiger partial charge in [0.1, 0.15) is 0 Å². The van der Waals surface area contributed by atoms with E-state index in [1.807, 2.05) is 24.3 Å². The summed E-state index contributed by atoms with van der Waals surface area (Å²) in [6.45, 7) is 1.87. The molecule has 0 fully saturated rings. The van der Waals surface area contributed by atoms with E-state index < -0.39 is 0 Å². The van der Waals surface area contributed by atoms with Crippen molar-refractivity contribution in [1.29, 1.82) is 0 Å². The Morgan fingerprint density at radius 2 is 1.94 bits per heavy atom. The molecule has 0 saturated carbocycles. The highest BCUT2D eigenvalue weighted by Gasteiger charge is 2.09. The molecule has 2 N–H and O–H groups in total. The van der Waals surface area contributed by atoms with Gasteiger partial charge < -0.3 is 10.6 Å². The fourth-order valence-electron chi connectivity index (χ4n) is 2.21. The average Bonchev–Trinajstić information content (AvgIpc) is 2.85. The van der Waals surface area contributed by atoms with Gasteiger partial charge >= 0.3 is 0 Å². The normalized spacial score (nSPS) is 12.9. The van der Waals surface area contributed by atoms with Gasteiger partial charge in [0.2, 0.25) is 0 Å². The number of rotatable bonds is 3. The van der Waals surface area contributed by atoms with Crippen LogP contribution in [0.3, 0.4) is 0 Å². The average molecular weight is 259 g/mol. The molecular weight excluding hydrogens is 244 g/mol. The summed E-state index contributed by atoms with van der Waals surface area (Å²) in [6, 6.07) is 14.4. The molecule has 0 radical (unpaired) electrons. The van der Waals surface area contributed by atoms with Crippen LogP contribution in [0.15, 0.2) is 42.5 Å². The molecule has 1 aliphatic rings. The maximum Gasteiger partial charge on any atom is 0.0406 e. The molecule has 2 aromatic rings. The van der Waals surface area contributed by atoms with Crippen molar-refractivity contribution in [3.8, 4) is 0 Å². The first kappa shape index (κ1) is 11.4. The summed E-state index contributed by atoms with van der Waals surface area (Å²) in [5, 5.41) is 7.59. The van der Waals surface area contributed by atoms with Crippen molar-refractivity contribution in [3.63, 3.8) is 0 Å². The molecule has 0 aromatic heterocycles. The summed E-state index contributed by atoms with van der Waals surface area (Å²) in [4.78, 5) is 0. The lowest BCUT2D eigenvalue weighted by Crippen LogP contribution is -1.99. The highest BCUT2D eigenvalue weighted by Crippen LogP contribution is 2.25. The Labute approximate surface area is 112 Å². The molecule has 2 aromatic carbocycles. The van der Waals surface area contributed by atoms with Crippen molar-refractivity contribution in [1.82, 2.24) is 0 Å². The molecule has 2 nitrogen and oxygen atoms in total. The summed E-state index contributed by atoms with van der Waals surface area (Å²) in [6.07, 6.45) is 1.13. The quantitative estimate of drug-likeness (QED) is 0.872. The highest BCUT2D eigenvalue weighted by atomic mass is 35.5. The van der Waals surface area contributed by atoms with E-state index in [2.05, 4.69) is 28.8 Å². The van der Waals surface area contributed by atoms with Crippen molar-refractivity contribution in [2.45, 2.75) is 13.0 Å². The van der Waals surface area contributed by atoms with E-state index in [1.54, 1.807) is 0 Å². The van der Waals surface area contributed by atoms with Gasteiger partial charge in [-0.05, 0) is 41.8 Å². The SMILES string of the molecule is Clc1ccc(CNc2ccc3c(c2)NCC3)cc1. The van der Waals surface area contributed by atoms with Crippen molar-refractivity contribution in [3.05, 3.63) is 58.6 Å². The Morgan fingerprint density at radius 3 is 2.78 bits per heavy atom. The second-order valence-corrected chi connectivity index (χ2v) is 4.97. The Kier molecular flexibility index (Phi) is 3.11. The van der Waals surface area contributed by atoms with Crippen molar-refractivity contribution in [2.24, 2.45) is 0 Å². The summed E-state index contributed by atoms with van der Waals surface area (Å²) in [5.41, 5.74) is 5.05. The summed E-state index contributed by atoms with van der Waals surface area (Å²) in [7, 11) is 0. The van der Waals surface area contributed by atoms with Gasteiger partial charge in [-0.3, -0.25) is 0 Å². The molecule has 0 unspecified atom stereocenters. The van der Waals surface area contributed by atoms with E-state index in [-0.39, 0.29) is 0 Å². The largest absolute Gasteiger partial charge is 0.384 e. The van der Waals surface area contributed by atoms with Crippen LogP contribution in [-0.2, 0) is 13.0 Å². The number of hydrogen-bond donors (Lipinski definition) is 2. The topological polar surface area (TPSA) is 24.1 Å². The third-order valence-electron chi connectivity index (χ3n) is 3.23. The molecule has 92 valence electrons. The van der Waals surface area contributed by atoms with Crippen LogP contribution < -0.4 is 10.6 Å². The predicted octanol–water partition coefficient (Wildman–Crippen LogP) is 3.92. The van der Waals surface area contributed by atoms with E-state index in [1.165, 1.54) is 16.8 Å². The van der Waals surface area contributed by atoms with Crippen LogP contribution >= 0.6 is 11.6 Å². The lowest BCUT2D eigenvalue weighted by Gasteiger charge is -2.08. The van der Waals surface area contributed by atoms with Gasteiger partial charge in [-0.1, -0.05) is 29.8 Å². The first-order chi connectivity index (χ1) is 8.81. The third kappa shape index (κ3) is 2.44. The molecule has 0 amide bonds. The Balaban J connectivity index is 1.68. The minimum Gasteiger partial charge on any atom is -0.384 e. The lowest BCUT2D eigenvalue weighted by atomic mass is 10.1. The van der Waals surface area contributed by atoms with Gasteiger partial charge in [-0.15, -0.1) is 0 Å². The number of anilines is 2. The second kappa shape index (κ2) is 4.91. The number of hydrogen-bond acceptors (Lipinski definition) is 2. The standard InChI is InChI=1S/C15H15ClN2/c16-13-4-1-11(2-5-13)10-18-14-6-3-12-7-8-17-15(12)9-14/h1-6,9,17-18H,7-8,10H2. The maximum atomic E-state index is 5.86. The van der Waals surface area contributed by atoms with Gasteiger partial charge in [-0.2, -0.15) is 0 Å². The zero-order valence-electron chi connectivity index (χ0n) is 10.0. The molecule has 1 aliphatic heterocycles. The molecule has 3 rings (SSSR count). The minimum absolute atomic E-state index is 0.778. The van der Waals surface area contributed by atoms with Gasteiger partial charge in [0.05, 0.1) is 0 Å². The first-order valence-electron chi connectivity index (χ1n) is 6.16. The van der Waals surface area contributed by atoms with E-state index in [9.17, 15) is 0 Å². The second-order valence-electron chi connectivity index (χ2n) is 4.53. The number of fused-ring (bicyclic) bond motifs is 1. The van der Waals surface area contributed by atoms with Crippen LogP contribution in [0.1, 0.15) is 11.1 Å². The molecule has 3 heteroatoms. The van der Waals surface area contributed by atoms with E-state index in [0.717, 1.165) is 30.2 Å². The van der Waals surface area contributed by atoms with E-state index >= 15 is 0 Å². The van der Waals surface area contributed by atoms with Crippen LogP contribution in [0.4, 0.5) is 11.4 Å². The summed E-state index contributed by atoms with van der Waals surface area (Å²) >= 11 is 5.86. The smallest absolute Gasteiger partial charge is 0.0406 e. The molecule has 0 spiro atoms. The third-order valence-corrected chi connectivity index (χ3v) is 3.48. The molecule has 0 aliphatic carbocycles. The van der Waals surface area contributed by atoms with Gasteiger partial charge in [0.25, 0.3) is 0 Å². The molecule has 0 atom stereocenters. The number of benzene rings is 2. The maximum absolute atomic E-state index is 5.86. The van der Waals surface area contributed by atoms with E-state index in [0.29, 0.717) is 0 Å². The molecular formula is C15H15ClN2. The highest BCUT2D eigenvalue weighted by molar-refractivity contribution is 6.30. The van der Waals surface area contributed by atoms with Crippen LogP contribution in [0.5, 0.6) is 0 Å². The number of nitrogens with one attached hydrogen (secondary N) is 2. The zero-order chi connectivity index (χ0) is 12.4. The Bertz CT molecular complexity index is 549. The predicted molar refractivity (Wildman–Crippen MR) is 77.4 cm³/mol. The zero-order valence-corrected chi connectivity index (χ0v) is 10.8. The van der Waals surface area contributed by atoms with Gasteiger partial charge in [-0.25, -0.2) is 0 Å². The van der Waals surface area contributed by atoms with Crippen LogP contribution in [0.25, 0.3) is 0 Å². The number of halogens is 1. The van der Waals surface area contributed by atoms with Crippen molar-refractivity contribution < 1.29 is 0 Å². The fourth-order valence-corrected chi connectivity index (χ4v) is 2.33. The van der Waals surface area contributed by atoms with E-state index in [4.69, 9.17) is 11.6 Å². The van der Waals surface area contributed by atoms with Crippen LogP contribution in [0, 0.1) is 0 Å². The molecule has 0 bridgehead atoms. The Hall–Kier alpha value is -1.67. The van der Waals surface area contributed by atoms with Crippen molar-refractivity contribution >= 4 is 23.0 Å². The lowest BCUT2D eigenvalue weighted by molar-refractivity contribution is 1.11. The molecule has 0 saturated heterocycles. The van der Waals surface area contributed by atoms with Gasteiger partial charge in [0, 0.05) is 29.5 Å². The van der Waals surface area contributed by atoms with Crippen LogP contribution in [-0.4, -0.2) is 6.54 Å². The summed E-state index contributed by atoms with van der Waals surface area (Å²) in [5.74, 6) is 0. The van der Waals surface area contributed by atoms with Crippen LogP contribution in [0.2, 0.25) is 5.02 Å². The Morgan fingerprint density at radius 1 is 1.11 bits per heavy atom.